The first kappa shape index (κ1) is 4.96. The second kappa shape index (κ2) is 2.21. The average molecular weight is 73.1 g/mol. The molecule has 0 rings (SSSR count). The molecule has 1 N–H and O–H groups in total. The minimum Gasteiger partial charge on any atom is -0.393 e. The van der Waals surface area contributed by atoms with E-state index in [9.17, 15) is 0 Å². The van der Waals surface area contributed by atoms with Crippen molar-refractivity contribution < 1.29 is 5.11 Å². The summed E-state index contributed by atoms with van der Waals surface area (Å²) in [7, 11) is 0. The maximum Gasteiger partial charge on any atom is 0.0512 e. The molecule has 0 heterocycles. The van der Waals surface area contributed by atoms with E-state index in [-0.39, 0.29) is 6.10 Å². The first-order chi connectivity index (χ1) is 2.27. The van der Waals surface area contributed by atoms with Crippen LogP contribution in [0.15, 0.2) is 0 Å². The SMILES string of the molecule is [CH2]C[C@@H](C)O. The summed E-state index contributed by atoms with van der Waals surface area (Å²) in [5, 5.41) is 8.30. The molecule has 5 heavy (non-hydrogen) atoms. The minimum atomic E-state index is -0.227. The lowest BCUT2D eigenvalue weighted by Crippen LogP contribution is -1.93. The molecular weight excluding hydrogens is 64.0 g/mol. The average Bonchev–Trinajstić information content (AvgIpc) is 1.38. The molecule has 0 fully saturated rings. The molecule has 0 aromatic rings. The molecule has 0 aliphatic carbocycles. The van der Waals surface area contributed by atoms with Crippen LogP contribution in [0.5, 0.6) is 0 Å². The summed E-state index contributed by atoms with van der Waals surface area (Å²) in [5.74, 6) is 0. The van der Waals surface area contributed by atoms with E-state index in [1.165, 1.54) is 0 Å². The molecule has 0 spiro atoms. The Hall–Kier alpha value is -0.0400. The summed E-state index contributed by atoms with van der Waals surface area (Å²) >= 11 is 0. The van der Waals surface area contributed by atoms with Crippen molar-refractivity contribution in [1.29, 1.82) is 0 Å². The van der Waals surface area contributed by atoms with Crippen molar-refractivity contribution in [1.82, 2.24) is 0 Å². The lowest BCUT2D eigenvalue weighted by Gasteiger charge is -1.90. The van der Waals surface area contributed by atoms with Crippen LogP contribution < -0.4 is 0 Å². The molecule has 0 unspecified atom stereocenters. The summed E-state index contributed by atoms with van der Waals surface area (Å²) in [6.45, 7) is 5.15. The van der Waals surface area contributed by atoms with Gasteiger partial charge in [-0.25, -0.2) is 0 Å². The zero-order valence-corrected chi connectivity index (χ0v) is 3.44. The molecule has 0 saturated carbocycles. The first-order valence-electron chi connectivity index (χ1n) is 1.74. The van der Waals surface area contributed by atoms with Gasteiger partial charge in [0, 0.05) is 0 Å². The molecule has 1 radical (unpaired) electrons. The van der Waals surface area contributed by atoms with E-state index in [1.807, 2.05) is 0 Å². The molecule has 0 saturated heterocycles. The van der Waals surface area contributed by atoms with Gasteiger partial charge >= 0.3 is 0 Å². The van der Waals surface area contributed by atoms with Crippen LogP contribution in [0.25, 0.3) is 0 Å². The van der Waals surface area contributed by atoms with Crippen LogP contribution in [0.2, 0.25) is 0 Å². The first-order valence-corrected chi connectivity index (χ1v) is 1.74. The van der Waals surface area contributed by atoms with Gasteiger partial charge in [0.15, 0.2) is 0 Å². The van der Waals surface area contributed by atoms with Crippen molar-refractivity contribution >= 4 is 0 Å². The van der Waals surface area contributed by atoms with Crippen LogP contribution in [-0.4, -0.2) is 11.2 Å². The van der Waals surface area contributed by atoms with E-state index in [2.05, 4.69) is 6.92 Å². The van der Waals surface area contributed by atoms with Crippen LogP contribution in [-0.2, 0) is 0 Å². The molecule has 0 aliphatic rings. The van der Waals surface area contributed by atoms with Crippen molar-refractivity contribution in [3.63, 3.8) is 0 Å². The van der Waals surface area contributed by atoms with Crippen LogP contribution in [0.4, 0.5) is 0 Å². The molecule has 0 bridgehead atoms. The molecular formula is C4H9O. The number of aliphatic hydroxyl groups is 1. The van der Waals surface area contributed by atoms with Gasteiger partial charge in [0.05, 0.1) is 6.10 Å². The van der Waals surface area contributed by atoms with Gasteiger partial charge in [-0.3, -0.25) is 0 Å². The summed E-state index contributed by atoms with van der Waals surface area (Å²) in [5.41, 5.74) is 0. The van der Waals surface area contributed by atoms with Crippen LogP contribution >= 0.6 is 0 Å². The Balaban J connectivity index is 2.54. The Morgan fingerprint density at radius 1 is 2.00 bits per heavy atom. The molecule has 1 nitrogen and oxygen atoms in total. The monoisotopic (exact) mass is 73.1 g/mol. The van der Waals surface area contributed by atoms with E-state index in [0.717, 1.165) is 0 Å². The Morgan fingerprint density at radius 2 is 2.20 bits per heavy atom. The molecule has 31 valence electrons. The second-order valence-electron chi connectivity index (χ2n) is 1.14. The van der Waals surface area contributed by atoms with E-state index >= 15 is 0 Å². The van der Waals surface area contributed by atoms with Crippen molar-refractivity contribution in [2.24, 2.45) is 0 Å². The van der Waals surface area contributed by atoms with Crippen molar-refractivity contribution in [2.75, 3.05) is 0 Å². The highest BCUT2D eigenvalue weighted by molar-refractivity contribution is 4.44. The highest BCUT2D eigenvalue weighted by Crippen LogP contribution is 1.80. The van der Waals surface area contributed by atoms with Gasteiger partial charge in [0.2, 0.25) is 0 Å². The number of hydrogen-bond donors (Lipinski definition) is 1. The lowest BCUT2D eigenvalue weighted by molar-refractivity contribution is 0.198. The summed E-state index contributed by atoms with van der Waals surface area (Å²) in [6, 6.07) is 0. The van der Waals surface area contributed by atoms with Gasteiger partial charge in [-0.15, -0.1) is 0 Å². The normalized spacial score (nSPS) is 15.0. The smallest absolute Gasteiger partial charge is 0.0512 e. The number of hydrogen-bond acceptors (Lipinski definition) is 1. The molecule has 0 aromatic carbocycles. The summed E-state index contributed by atoms with van der Waals surface area (Å²) in [6.07, 6.45) is 0.384. The number of rotatable bonds is 1. The minimum absolute atomic E-state index is 0.227. The Bertz CT molecular complexity index is 17.6. The van der Waals surface area contributed by atoms with E-state index in [0.29, 0.717) is 6.42 Å². The highest BCUT2D eigenvalue weighted by atomic mass is 16.3. The second-order valence-corrected chi connectivity index (χ2v) is 1.14. The third-order valence-corrected chi connectivity index (χ3v) is 0.418. The predicted molar refractivity (Wildman–Crippen MR) is 21.7 cm³/mol. The van der Waals surface area contributed by atoms with Gasteiger partial charge in [-0.2, -0.15) is 0 Å². The summed E-state index contributed by atoms with van der Waals surface area (Å²) < 4.78 is 0. The van der Waals surface area contributed by atoms with Crippen molar-refractivity contribution in [3.05, 3.63) is 6.92 Å². The van der Waals surface area contributed by atoms with Crippen LogP contribution in [0.1, 0.15) is 13.3 Å². The van der Waals surface area contributed by atoms with Crippen LogP contribution in [0.3, 0.4) is 0 Å². The van der Waals surface area contributed by atoms with E-state index in [4.69, 9.17) is 5.11 Å². The fraction of sp³-hybridized carbons (Fsp3) is 0.750. The standard InChI is InChI=1S/C4H9O/c1-3-4(2)5/h4-5H,1,3H2,2H3/t4-/m1/s1. The van der Waals surface area contributed by atoms with Crippen LogP contribution in [0, 0.1) is 6.92 Å². The van der Waals surface area contributed by atoms with Gasteiger partial charge in [0.1, 0.15) is 0 Å². The quantitative estimate of drug-likeness (QED) is 0.481. The van der Waals surface area contributed by atoms with Crippen molar-refractivity contribution in [3.8, 4) is 0 Å². The fourth-order valence-electron chi connectivity index (χ4n) is 0. The Labute approximate surface area is 32.6 Å². The molecule has 0 aromatic heterocycles. The summed E-state index contributed by atoms with van der Waals surface area (Å²) in [4.78, 5) is 0. The van der Waals surface area contributed by atoms with E-state index < -0.39 is 0 Å². The fourth-order valence-corrected chi connectivity index (χ4v) is 0. The highest BCUT2D eigenvalue weighted by Gasteiger charge is 1.81. The molecule has 1 heteroatoms. The van der Waals surface area contributed by atoms with Gasteiger partial charge < -0.3 is 5.11 Å². The molecule has 0 aliphatic heterocycles. The van der Waals surface area contributed by atoms with Crippen molar-refractivity contribution in [2.45, 2.75) is 19.4 Å². The maximum absolute atomic E-state index is 8.30. The third kappa shape index (κ3) is 3.96. The Kier molecular flexibility index (Phi) is 2.19. The zero-order valence-electron chi connectivity index (χ0n) is 3.44. The van der Waals surface area contributed by atoms with E-state index in [1.54, 1.807) is 6.92 Å². The largest absolute Gasteiger partial charge is 0.393 e. The zero-order chi connectivity index (χ0) is 4.28. The predicted octanol–water partition coefficient (Wildman–Crippen LogP) is 0.591. The third-order valence-electron chi connectivity index (χ3n) is 0.418. The molecule has 0 amide bonds. The van der Waals surface area contributed by atoms with Gasteiger partial charge in [-0.05, 0) is 13.3 Å². The molecule has 1 atom stereocenters. The van der Waals surface area contributed by atoms with Gasteiger partial charge in [0.25, 0.3) is 0 Å². The van der Waals surface area contributed by atoms with Gasteiger partial charge in [-0.1, -0.05) is 6.92 Å². The number of aliphatic hydroxyl groups excluding tert-OH is 1. The topological polar surface area (TPSA) is 20.2 Å². The Morgan fingerprint density at radius 3 is 2.20 bits per heavy atom. The lowest BCUT2D eigenvalue weighted by atomic mass is 10.3. The maximum atomic E-state index is 8.30.